The molecule has 4 heteroatoms. The van der Waals surface area contributed by atoms with Crippen LogP contribution in [0.15, 0.2) is 30.3 Å². The van der Waals surface area contributed by atoms with Gasteiger partial charge in [-0.05, 0) is 11.8 Å². The summed E-state index contributed by atoms with van der Waals surface area (Å²) in [5.74, 6) is 0.843. The first-order valence-electron chi connectivity index (χ1n) is 4.38. The number of benzene rings is 1. The van der Waals surface area contributed by atoms with Crippen molar-refractivity contribution in [2.45, 2.75) is 6.54 Å². The second kappa shape index (κ2) is 6.84. The lowest BCUT2D eigenvalue weighted by atomic mass is 10.2. The molecule has 0 aliphatic rings. The van der Waals surface area contributed by atoms with Crippen LogP contribution in [0.5, 0.6) is 0 Å². The third kappa shape index (κ3) is 4.11. The van der Waals surface area contributed by atoms with Gasteiger partial charge in [-0.2, -0.15) is 0 Å². The molecule has 0 amide bonds. The normalized spacial score (nSPS) is 10.8. The van der Waals surface area contributed by atoms with Crippen molar-refractivity contribution in [2.75, 3.05) is 18.9 Å². The molecule has 0 aromatic heterocycles. The molecule has 0 unspecified atom stereocenters. The van der Waals surface area contributed by atoms with Crippen LogP contribution in [-0.2, 0) is 11.4 Å². The summed E-state index contributed by atoms with van der Waals surface area (Å²) in [7, 11) is 0. The van der Waals surface area contributed by atoms with E-state index in [0.29, 0.717) is 0 Å². The van der Waals surface area contributed by atoms with Crippen LogP contribution < -0.4 is 0 Å². The first-order valence-corrected chi connectivity index (χ1v) is 5.77. The van der Waals surface area contributed by atoms with Crippen molar-refractivity contribution in [3.63, 3.8) is 0 Å². The summed E-state index contributed by atoms with van der Waals surface area (Å²) >= 11 is 1.70. The number of nitrogens with zero attached hydrogens (tertiary/aromatic N) is 1. The van der Waals surface area contributed by atoms with Crippen molar-refractivity contribution in [2.24, 2.45) is 0 Å². The molecule has 0 aliphatic heterocycles. The SMILES string of the molecule is CSCN(COO)Cc1ccccc1. The Morgan fingerprint density at radius 2 is 2.07 bits per heavy atom. The quantitative estimate of drug-likeness (QED) is 0.446. The zero-order valence-electron chi connectivity index (χ0n) is 8.22. The van der Waals surface area contributed by atoms with Gasteiger partial charge in [0.1, 0.15) is 6.73 Å². The van der Waals surface area contributed by atoms with Crippen LogP contribution >= 0.6 is 11.8 Å². The van der Waals surface area contributed by atoms with Gasteiger partial charge in [-0.3, -0.25) is 10.2 Å². The number of hydrogen-bond donors (Lipinski definition) is 1. The first-order chi connectivity index (χ1) is 6.86. The highest BCUT2D eigenvalue weighted by Gasteiger charge is 2.04. The van der Waals surface area contributed by atoms with Crippen LogP contribution in [0.2, 0.25) is 0 Å². The Bertz CT molecular complexity index is 237. The Labute approximate surface area is 88.6 Å². The predicted molar refractivity (Wildman–Crippen MR) is 58.9 cm³/mol. The maximum Gasteiger partial charge on any atom is 0.136 e. The highest BCUT2D eigenvalue weighted by Crippen LogP contribution is 2.07. The van der Waals surface area contributed by atoms with Crippen molar-refractivity contribution < 1.29 is 10.1 Å². The zero-order valence-corrected chi connectivity index (χ0v) is 9.04. The summed E-state index contributed by atoms with van der Waals surface area (Å²) in [5, 5.41) is 8.39. The maximum atomic E-state index is 8.39. The molecule has 1 aromatic carbocycles. The van der Waals surface area contributed by atoms with Gasteiger partial charge in [0.15, 0.2) is 0 Å². The van der Waals surface area contributed by atoms with Crippen LogP contribution in [-0.4, -0.2) is 29.0 Å². The molecular weight excluding hydrogens is 198 g/mol. The third-order valence-corrected chi connectivity index (χ3v) is 2.42. The molecule has 78 valence electrons. The molecule has 0 radical (unpaired) electrons. The van der Waals surface area contributed by atoms with Gasteiger partial charge < -0.3 is 0 Å². The standard InChI is InChI=1S/C10H15NO2S/c1-14-9-11(8-13-12)7-10-5-3-2-4-6-10/h2-6,12H,7-9H2,1H3. The second-order valence-corrected chi connectivity index (χ2v) is 3.83. The van der Waals surface area contributed by atoms with Crippen LogP contribution in [0.1, 0.15) is 5.56 Å². The van der Waals surface area contributed by atoms with Gasteiger partial charge in [-0.1, -0.05) is 30.3 Å². The van der Waals surface area contributed by atoms with Crippen molar-refractivity contribution in [3.05, 3.63) is 35.9 Å². The van der Waals surface area contributed by atoms with E-state index in [0.717, 1.165) is 12.4 Å². The Morgan fingerprint density at radius 1 is 1.36 bits per heavy atom. The molecule has 14 heavy (non-hydrogen) atoms. The van der Waals surface area contributed by atoms with E-state index >= 15 is 0 Å². The molecule has 0 spiro atoms. The highest BCUT2D eigenvalue weighted by atomic mass is 32.2. The molecular formula is C10H15NO2S. The van der Waals surface area contributed by atoms with Gasteiger partial charge in [0.25, 0.3) is 0 Å². The second-order valence-electron chi connectivity index (χ2n) is 2.99. The minimum Gasteiger partial charge on any atom is -0.265 e. The molecule has 0 heterocycles. The molecule has 0 saturated carbocycles. The van der Waals surface area contributed by atoms with Crippen molar-refractivity contribution in [3.8, 4) is 0 Å². The summed E-state index contributed by atoms with van der Waals surface area (Å²) in [6.07, 6.45) is 2.02. The van der Waals surface area contributed by atoms with E-state index in [1.807, 2.05) is 29.4 Å². The van der Waals surface area contributed by atoms with Gasteiger partial charge in [0.05, 0.1) is 0 Å². The Morgan fingerprint density at radius 3 is 2.64 bits per heavy atom. The summed E-state index contributed by atoms with van der Waals surface area (Å²) in [4.78, 5) is 6.16. The molecule has 0 aliphatic carbocycles. The Kier molecular flexibility index (Phi) is 5.63. The summed E-state index contributed by atoms with van der Waals surface area (Å²) < 4.78 is 0. The van der Waals surface area contributed by atoms with Gasteiger partial charge >= 0.3 is 0 Å². The van der Waals surface area contributed by atoms with Gasteiger partial charge in [0.2, 0.25) is 0 Å². The van der Waals surface area contributed by atoms with E-state index in [1.165, 1.54) is 5.56 Å². The maximum absolute atomic E-state index is 8.39. The van der Waals surface area contributed by atoms with E-state index < -0.39 is 0 Å². The van der Waals surface area contributed by atoms with E-state index in [4.69, 9.17) is 5.26 Å². The average Bonchev–Trinajstić information content (AvgIpc) is 2.20. The summed E-state index contributed by atoms with van der Waals surface area (Å²) in [6, 6.07) is 10.1. The molecule has 0 saturated heterocycles. The van der Waals surface area contributed by atoms with E-state index in [-0.39, 0.29) is 6.73 Å². The van der Waals surface area contributed by atoms with Crippen molar-refractivity contribution in [1.29, 1.82) is 0 Å². The predicted octanol–water partition coefficient (Wildman–Crippen LogP) is 2.26. The highest BCUT2D eigenvalue weighted by molar-refractivity contribution is 7.98. The van der Waals surface area contributed by atoms with Gasteiger partial charge in [-0.25, -0.2) is 4.89 Å². The van der Waals surface area contributed by atoms with Crippen LogP contribution in [0.25, 0.3) is 0 Å². The first kappa shape index (κ1) is 11.5. The number of rotatable bonds is 6. The lowest BCUT2D eigenvalue weighted by Crippen LogP contribution is -2.24. The third-order valence-electron chi connectivity index (χ3n) is 1.80. The summed E-state index contributed by atoms with van der Waals surface area (Å²) in [6.45, 7) is 1.04. The molecule has 1 rings (SSSR count). The summed E-state index contributed by atoms with van der Waals surface area (Å²) in [5.41, 5.74) is 1.22. The Balaban J connectivity index is 2.46. The van der Waals surface area contributed by atoms with Crippen LogP contribution in [0.4, 0.5) is 0 Å². The monoisotopic (exact) mass is 213 g/mol. The minimum absolute atomic E-state index is 0.246. The molecule has 1 aromatic rings. The fourth-order valence-electron chi connectivity index (χ4n) is 1.23. The van der Waals surface area contributed by atoms with Gasteiger partial charge in [0, 0.05) is 12.4 Å². The molecule has 0 atom stereocenters. The lowest BCUT2D eigenvalue weighted by Gasteiger charge is -2.18. The van der Waals surface area contributed by atoms with E-state index in [2.05, 4.69) is 17.0 Å². The topological polar surface area (TPSA) is 32.7 Å². The largest absolute Gasteiger partial charge is 0.265 e. The lowest BCUT2D eigenvalue weighted by molar-refractivity contribution is -0.268. The molecule has 3 nitrogen and oxygen atoms in total. The van der Waals surface area contributed by atoms with Gasteiger partial charge in [-0.15, -0.1) is 11.8 Å². The van der Waals surface area contributed by atoms with Crippen LogP contribution in [0, 0.1) is 0 Å². The fraction of sp³-hybridized carbons (Fsp3) is 0.400. The molecule has 0 bridgehead atoms. The average molecular weight is 213 g/mol. The van der Waals surface area contributed by atoms with Crippen LogP contribution in [0.3, 0.4) is 0 Å². The minimum atomic E-state index is 0.246. The van der Waals surface area contributed by atoms with Crippen molar-refractivity contribution >= 4 is 11.8 Å². The van der Waals surface area contributed by atoms with E-state index in [9.17, 15) is 0 Å². The zero-order chi connectivity index (χ0) is 10.2. The number of hydrogen-bond acceptors (Lipinski definition) is 4. The number of thioether (sulfide) groups is 1. The van der Waals surface area contributed by atoms with E-state index in [1.54, 1.807) is 11.8 Å². The Hall–Kier alpha value is -0.550. The smallest absolute Gasteiger partial charge is 0.136 e. The molecule has 0 fully saturated rings. The molecule has 1 N–H and O–H groups in total. The fourth-order valence-corrected chi connectivity index (χ4v) is 1.77. The van der Waals surface area contributed by atoms with Crippen molar-refractivity contribution in [1.82, 2.24) is 4.90 Å².